The van der Waals surface area contributed by atoms with Gasteiger partial charge in [0.25, 0.3) is 5.13 Å². The third kappa shape index (κ3) is 1.48. The molecule has 0 aromatic rings. The van der Waals surface area contributed by atoms with Crippen molar-refractivity contribution in [3.63, 3.8) is 0 Å². The average Bonchev–Trinajstić information content (AvgIpc) is 1.85. The van der Waals surface area contributed by atoms with Crippen LogP contribution >= 0.6 is 19.9 Å². The standard InChI is InChI=1S/C4H5ClF3O3P/c5-4(8)2(11-12(9)10)1-3(4,6)7/h2,12H,1H2,(H,9,10). The van der Waals surface area contributed by atoms with Gasteiger partial charge in [0, 0.05) is 6.42 Å². The number of hydrogen-bond acceptors (Lipinski definition) is 2. The van der Waals surface area contributed by atoms with E-state index in [0.29, 0.717) is 0 Å². The van der Waals surface area contributed by atoms with Crippen LogP contribution in [0, 0.1) is 0 Å². The van der Waals surface area contributed by atoms with Crippen molar-refractivity contribution in [3.05, 3.63) is 0 Å². The van der Waals surface area contributed by atoms with E-state index in [1.807, 2.05) is 0 Å². The molecular weight excluding hydrogens is 219 g/mol. The maximum absolute atomic E-state index is 12.7. The van der Waals surface area contributed by atoms with Crippen molar-refractivity contribution in [2.45, 2.75) is 23.6 Å². The zero-order valence-electron chi connectivity index (χ0n) is 5.56. The van der Waals surface area contributed by atoms with Gasteiger partial charge in [-0.05, 0) is 0 Å². The lowest BCUT2D eigenvalue weighted by atomic mass is 9.88. The maximum Gasteiger partial charge on any atom is 0.317 e. The van der Waals surface area contributed by atoms with E-state index >= 15 is 0 Å². The quantitative estimate of drug-likeness (QED) is 0.574. The second-order valence-electron chi connectivity index (χ2n) is 2.40. The van der Waals surface area contributed by atoms with Crippen LogP contribution in [-0.4, -0.2) is 22.0 Å². The van der Waals surface area contributed by atoms with Gasteiger partial charge in [0.1, 0.15) is 6.10 Å². The molecule has 0 amide bonds. The van der Waals surface area contributed by atoms with Gasteiger partial charge >= 0.3 is 14.2 Å². The lowest BCUT2D eigenvalue weighted by Gasteiger charge is -2.43. The predicted octanol–water partition coefficient (Wildman–Crippen LogP) is 1.70. The van der Waals surface area contributed by atoms with E-state index < -0.39 is 31.8 Å². The summed E-state index contributed by atoms with van der Waals surface area (Å²) in [5, 5.41) is -3.35. The van der Waals surface area contributed by atoms with Crippen LogP contribution in [0.3, 0.4) is 0 Å². The average molecular weight is 225 g/mol. The molecule has 1 rings (SSSR count). The Morgan fingerprint density at radius 1 is 1.58 bits per heavy atom. The molecule has 0 heterocycles. The highest BCUT2D eigenvalue weighted by Crippen LogP contribution is 2.55. The van der Waals surface area contributed by atoms with Crippen molar-refractivity contribution >= 4 is 19.9 Å². The third-order valence-electron chi connectivity index (χ3n) is 1.58. The van der Waals surface area contributed by atoms with Crippen molar-refractivity contribution in [1.29, 1.82) is 0 Å². The van der Waals surface area contributed by atoms with Crippen molar-refractivity contribution in [3.8, 4) is 0 Å². The fraction of sp³-hybridized carbons (Fsp3) is 1.00. The van der Waals surface area contributed by atoms with E-state index in [0.717, 1.165) is 0 Å². The van der Waals surface area contributed by atoms with Crippen LogP contribution in [0.5, 0.6) is 0 Å². The van der Waals surface area contributed by atoms with Crippen LogP contribution in [0.2, 0.25) is 0 Å². The van der Waals surface area contributed by atoms with E-state index in [2.05, 4.69) is 4.52 Å². The Labute approximate surface area is 71.4 Å². The number of alkyl halides is 4. The summed E-state index contributed by atoms with van der Waals surface area (Å²) in [6.07, 6.45) is -2.67. The monoisotopic (exact) mass is 224 g/mol. The molecule has 1 aliphatic rings. The third-order valence-corrected chi connectivity index (χ3v) is 2.58. The molecule has 0 radical (unpaired) electrons. The molecule has 8 heteroatoms. The first-order chi connectivity index (χ1) is 5.27. The molecule has 12 heavy (non-hydrogen) atoms. The summed E-state index contributed by atoms with van der Waals surface area (Å²) < 4.78 is 51.1. The Kier molecular flexibility index (Phi) is 2.47. The van der Waals surface area contributed by atoms with E-state index in [1.54, 1.807) is 0 Å². The Morgan fingerprint density at radius 3 is 2.33 bits per heavy atom. The SMILES string of the molecule is O=[PH](O)OC1CC(F)(F)C1(F)Cl. The van der Waals surface area contributed by atoms with E-state index in [9.17, 15) is 17.7 Å². The van der Waals surface area contributed by atoms with E-state index in [4.69, 9.17) is 16.5 Å². The Morgan fingerprint density at radius 2 is 2.08 bits per heavy atom. The molecule has 1 aliphatic carbocycles. The molecule has 3 unspecified atom stereocenters. The van der Waals surface area contributed by atoms with Crippen molar-refractivity contribution in [2.75, 3.05) is 0 Å². The molecule has 0 saturated heterocycles. The molecule has 1 N–H and O–H groups in total. The molecule has 0 aromatic carbocycles. The van der Waals surface area contributed by atoms with Crippen LogP contribution in [-0.2, 0) is 9.09 Å². The lowest BCUT2D eigenvalue weighted by Crippen LogP contribution is -2.61. The first kappa shape index (κ1) is 10.3. The van der Waals surface area contributed by atoms with Crippen molar-refractivity contribution in [2.24, 2.45) is 0 Å². The second kappa shape index (κ2) is 2.87. The van der Waals surface area contributed by atoms with Gasteiger partial charge in [-0.1, -0.05) is 11.6 Å². The van der Waals surface area contributed by atoms with Crippen LogP contribution in [0.25, 0.3) is 0 Å². The van der Waals surface area contributed by atoms with E-state index in [-0.39, 0.29) is 0 Å². The first-order valence-electron chi connectivity index (χ1n) is 2.92. The molecule has 72 valence electrons. The van der Waals surface area contributed by atoms with E-state index in [1.165, 1.54) is 0 Å². The zero-order chi connectivity index (χ0) is 9.57. The summed E-state index contributed by atoms with van der Waals surface area (Å²) in [4.78, 5) is 8.14. The highest BCUT2D eigenvalue weighted by Gasteiger charge is 2.71. The van der Waals surface area contributed by atoms with Gasteiger partial charge in [0.05, 0.1) is 0 Å². The molecule has 1 saturated carbocycles. The second-order valence-corrected chi connectivity index (χ2v) is 3.72. The maximum atomic E-state index is 12.7. The smallest absolute Gasteiger partial charge is 0.317 e. The summed E-state index contributed by atoms with van der Waals surface area (Å²) >= 11 is 4.73. The molecule has 3 atom stereocenters. The van der Waals surface area contributed by atoms with Gasteiger partial charge in [-0.15, -0.1) is 0 Å². The number of rotatable bonds is 2. The molecule has 3 nitrogen and oxygen atoms in total. The summed E-state index contributed by atoms with van der Waals surface area (Å²) in [6, 6.07) is 0. The van der Waals surface area contributed by atoms with Gasteiger partial charge < -0.3 is 9.42 Å². The summed E-state index contributed by atoms with van der Waals surface area (Å²) in [7, 11) is -3.42. The minimum absolute atomic E-state index is 0.968. The van der Waals surface area contributed by atoms with Crippen LogP contribution in [0.1, 0.15) is 6.42 Å². The molecule has 0 aromatic heterocycles. The van der Waals surface area contributed by atoms with Gasteiger partial charge in [0.15, 0.2) is 0 Å². The van der Waals surface area contributed by atoms with Gasteiger partial charge in [-0.25, -0.2) is 13.2 Å². The zero-order valence-corrected chi connectivity index (χ0v) is 7.32. The van der Waals surface area contributed by atoms with Gasteiger partial charge in [0.2, 0.25) is 0 Å². The summed E-state index contributed by atoms with van der Waals surface area (Å²) in [5.41, 5.74) is 0. The minimum Gasteiger partial charge on any atom is -0.326 e. The summed E-state index contributed by atoms with van der Waals surface area (Å²) in [6.45, 7) is 0. The molecule has 0 bridgehead atoms. The minimum atomic E-state index is -3.68. The Balaban J connectivity index is 2.60. The van der Waals surface area contributed by atoms with Crippen LogP contribution in [0.4, 0.5) is 13.2 Å². The Bertz CT molecular complexity index is 222. The topological polar surface area (TPSA) is 46.5 Å². The molecule has 0 spiro atoms. The van der Waals surface area contributed by atoms with Crippen LogP contribution < -0.4 is 0 Å². The van der Waals surface area contributed by atoms with Gasteiger partial charge in [-0.3, -0.25) is 4.57 Å². The molecule has 1 fully saturated rings. The fourth-order valence-corrected chi connectivity index (χ4v) is 1.60. The number of hydrogen-bond donors (Lipinski definition) is 1. The molecule has 0 aliphatic heterocycles. The Hall–Kier alpha value is 0.230. The molecular formula is C4H5ClF3O3P. The highest BCUT2D eigenvalue weighted by atomic mass is 35.5. The first-order valence-corrected chi connectivity index (χ1v) is 4.57. The van der Waals surface area contributed by atoms with Gasteiger partial charge in [-0.2, -0.15) is 0 Å². The largest absolute Gasteiger partial charge is 0.326 e. The van der Waals surface area contributed by atoms with Crippen molar-refractivity contribution in [1.82, 2.24) is 0 Å². The summed E-state index contributed by atoms with van der Waals surface area (Å²) in [5.74, 6) is -3.68. The fourth-order valence-electron chi connectivity index (χ4n) is 0.839. The number of halogens is 4. The predicted molar refractivity (Wildman–Crippen MR) is 35.3 cm³/mol. The van der Waals surface area contributed by atoms with Crippen molar-refractivity contribution < 1.29 is 27.2 Å². The highest BCUT2D eigenvalue weighted by molar-refractivity contribution is 7.32. The normalized spacial score (nSPS) is 41.9. The lowest BCUT2D eigenvalue weighted by molar-refractivity contribution is -0.224. The van der Waals surface area contributed by atoms with Crippen LogP contribution in [0.15, 0.2) is 0 Å².